The zero-order valence-corrected chi connectivity index (χ0v) is 12.4. The fraction of sp³-hybridized carbons (Fsp3) is 0.267. The third-order valence-electron chi connectivity index (χ3n) is 3.18. The van der Waals surface area contributed by atoms with Crippen molar-refractivity contribution in [3.05, 3.63) is 52.8 Å². The molecule has 106 valence electrons. The van der Waals surface area contributed by atoms with Crippen LogP contribution in [0.2, 0.25) is 5.02 Å². The van der Waals surface area contributed by atoms with E-state index in [-0.39, 0.29) is 5.91 Å². The van der Waals surface area contributed by atoms with Crippen molar-refractivity contribution in [2.24, 2.45) is 0 Å². The predicted molar refractivity (Wildman–Crippen MR) is 82.3 cm³/mol. The van der Waals surface area contributed by atoms with Crippen LogP contribution in [-0.2, 0) is 13.1 Å². The Kier molecular flexibility index (Phi) is 4.69. The summed E-state index contributed by atoms with van der Waals surface area (Å²) in [6.07, 6.45) is 2.04. The van der Waals surface area contributed by atoms with Gasteiger partial charge in [0, 0.05) is 31.0 Å². The topological polar surface area (TPSA) is 46.1 Å². The summed E-state index contributed by atoms with van der Waals surface area (Å²) in [7, 11) is 1.61. The van der Waals surface area contributed by atoms with Crippen molar-refractivity contribution in [2.75, 3.05) is 12.4 Å². The number of carbonyl (C=O) groups excluding carboxylic acids is 1. The highest BCUT2D eigenvalue weighted by molar-refractivity contribution is 6.33. The predicted octanol–water partition coefficient (Wildman–Crippen LogP) is 3.13. The number of halogens is 1. The van der Waals surface area contributed by atoms with Gasteiger partial charge >= 0.3 is 0 Å². The molecular formula is C15H18ClN3O. The van der Waals surface area contributed by atoms with E-state index in [2.05, 4.69) is 28.2 Å². The normalized spacial score (nSPS) is 10.3. The van der Waals surface area contributed by atoms with Crippen LogP contribution in [0, 0.1) is 0 Å². The summed E-state index contributed by atoms with van der Waals surface area (Å²) < 4.78 is 2.16. The second-order valence-corrected chi connectivity index (χ2v) is 4.82. The average molecular weight is 292 g/mol. The van der Waals surface area contributed by atoms with Crippen LogP contribution >= 0.6 is 11.6 Å². The standard InChI is InChI=1S/C15H18ClN3O/c1-3-19-8-4-5-12(19)10-18-14-9-11(15(20)17-2)6-7-13(14)16/h4-9,18H,3,10H2,1-2H3,(H,17,20). The molecule has 0 bridgehead atoms. The van der Waals surface area contributed by atoms with E-state index in [0.29, 0.717) is 17.1 Å². The van der Waals surface area contributed by atoms with Gasteiger partial charge in [0.1, 0.15) is 0 Å². The van der Waals surface area contributed by atoms with Crippen LogP contribution in [0.25, 0.3) is 0 Å². The Morgan fingerprint density at radius 3 is 2.85 bits per heavy atom. The lowest BCUT2D eigenvalue weighted by Gasteiger charge is -2.12. The lowest BCUT2D eigenvalue weighted by Crippen LogP contribution is -2.18. The van der Waals surface area contributed by atoms with Gasteiger partial charge in [0.05, 0.1) is 17.3 Å². The number of nitrogens with one attached hydrogen (secondary N) is 2. The van der Waals surface area contributed by atoms with Gasteiger partial charge in [-0.15, -0.1) is 0 Å². The molecule has 2 rings (SSSR count). The van der Waals surface area contributed by atoms with Crippen molar-refractivity contribution < 1.29 is 4.79 Å². The van der Waals surface area contributed by atoms with Gasteiger partial charge in [-0.1, -0.05) is 11.6 Å². The maximum Gasteiger partial charge on any atom is 0.251 e. The van der Waals surface area contributed by atoms with E-state index in [1.54, 1.807) is 25.2 Å². The van der Waals surface area contributed by atoms with Crippen LogP contribution in [0.1, 0.15) is 23.0 Å². The number of hydrogen-bond acceptors (Lipinski definition) is 2. The van der Waals surface area contributed by atoms with Crippen molar-refractivity contribution in [2.45, 2.75) is 20.0 Å². The zero-order chi connectivity index (χ0) is 14.5. The van der Waals surface area contributed by atoms with Gasteiger partial charge in [-0.05, 0) is 37.3 Å². The zero-order valence-electron chi connectivity index (χ0n) is 11.6. The van der Waals surface area contributed by atoms with Gasteiger partial charge in [-0.25, -0.2) is 0 Å². The third-order valence-corrected chi connectivity index (χ3v) is 3.51. The van der Waals surface area contributed by atoms with Crippen molar-refractivity contribution in [1.29, 1.82) is 0 Å². The monoisotopic (exact) mass is 291 g/mol. The first-order valence-corrected chi connectivity index (χ1v) is 6.93. The summed E-state index contributed by atoms with van der Waals surface area (Å²) in [5.74, 6) is -0.123. The smallest absolute Gasteiger partial charge is 0.251 e. The second-order valence-electron chi connectivity index (χ2n) is 4.41. The highest BCUT2D eigenvalue weighted by atomic mass is 35.5. The summed E-state index contributed by atoms with van der Waals surface area (Å²) in [4.78, 5) is 11.6. The maximum absolute atomic E-state index is 11.6. The molecule has 1 aromatic heterocycles. The minimum absolute atomic E-state index is 0.123. The number of hydrogen-bond donors (Lipinski definition) is 2. The molecule has 1 amide bonds. The molecule has 0 unspecified atom stereocenters. The summed E-state index contributed by atoms with van der Waals surface area (Å²) >= 11 is 6.16. The molecule has 5 heteroatoms. The molecule has 1 aromatic carbocycles. The molecule has 0 saturated heterocycles. The Bertz CT molecular complexity index is 607. The molecule has 0 spiro atoms. The molecule has 0 fully saturated rings. The Hall–Kier alpha value is -1.94. The highest BCUT2D eigenvalue weighted by Gasteiger charge is 2.08. The Labute approximate surface area is 123 Å². The minimum atomic E-state index is -0.123. The Morgan fingerprint density at radius 1 is 1.35 bits per heavy atom. The highest BCUT2D eigenvalue weighted by Crippen LogP contribution is 2.23. The summed E-state index contributed by atoms with van der Waals surface area (Å²) in [6, 6.07) is 9.28. The van der Waals surface area contributed by atoms with Crippen molar-refractivity contribution >= 4 is 23.2 Å². The molecule has 1 heterocycles. The van der Waals surface area contributed by atoms with E-state index in [9.17, 15) is 4.79 Å². The van der Waals surface area contributed by atoms with Crippen LogP contribution in [0.3, 0.4) is 0 Å². The van der Waals surface area contributed by atoms with Crippen LogP contribution in [0.5, 0.6) is 0 Å². The first-order chi connectivity index (χ1) is 9.65. The summed E-state index contributed by atoms with van der Waals surface area (Å²) in [5, 5.41) is 6.48. The Balaban J connectivity index is 2.14. The molecule has 0 saturated carbocycles. The van der Waals surface area contributed by atoms with Crippen LogP contribution in [-0.4, -0.2) is 17.5 Å². The van der Waals surface area contributed by atoms with Gasteiger partial charge in [0.25, 0.3) is 5.91 Å². The third kappa shape index (κ3) is 3.14. The lowest BCUT2D eigenvalue weighted by atomic mass is 10.2. The van der Waals surface area contributed by atoms with Gasteiger partial charge in [0.2, 0.25) is 0 Å². The number of benzene rings is 1. The molecule has 0 aliphatic carbocycles. The van der Waals surface area contributed by atoms with Gasteiger partial charge in [-0.2, -0.15) is 0 Å². The Morgan fingerprint density at radius 2 is 2.15 bits per heavy atom. The van der Waals surface area contributed by atoms with E-state index in [1.807, 2.05) is 12.3 Å². The molecule has 0 atom stereocenters. The second kappa shape index (κ2) is 6.48. The molecule has 4 nitrogen and oxygen atoms in total. The SMILES string of the molecule is CCn1cccc1CNc1cc(C(=O)NC)ccc1Cl. The fourth-order valence-corrected chi connectivity index (χ4v) is 2.23. The number of carbonyl (C=O) groups is 1. The van der Waals surface area contributed by atoms with Gasteiger partial charge < -0.3 is 15.2 Å². The maximum atomic E-state index is 11.6. The van der Waals surface area contributed by atoms with Crippen molar-refractivity contribution in [3.8, 4) is 0 Å². The molecule has 20 heavy (non-hydrogen) atoms. The molecule has 2 aromatic rings. The number of amides is 1. The van der Waals surface area contributed by atoms with E-state index < -0.39 is 0 Å². The summed E-state index contributed by atoms with van der Waals surface area (Å²) in [5.41, 5.74) is 2.52. The summed E-state index contributed by atoms with van der Waals surface area (Å²) in [6.45, 7) is 3.69. The number of nitrogens with zero attached hydrogens (tertiary/aromatic N) is 1. The largest absolute Gasteiger partial charge is 0.378 e. The van der Waals surface area contributed by atoms with Crippen molar-refractivity contribution in [3.63, 3.8) is 0 Å². The van der Waals surface area contributed by atoms with Gasteiger partial charge in [0.15, 0.2) is 0 Å². The van der Waals surface area contributed by atoms with E-state index in [1.165, 1.54) is 5.69 Å². The lowest BCUT2D eigenvalue weighted by molar-refractivity contribution is 0.0963. The van der Waals surface area contributed by atoms with Crippen LogP contribution in [0.4, 0.5) is 5.69 Å². The first-order valence-electron chi connectivity index (χ1n) is 6.55. The quantitative estimate of drug-likeness (QED) is 0.889. The molecular weight excluding hydrogens is 274 g/mol. The van der Waals surface area contributed by atoms with E-state index in [0.717, 1.165) is 12.2 Å². The number of anilines is 1. The first kappa shape index (κ1) is 14.5. The van der Waals surface area contributed by atoms with Crippen LogP contribution in [0.15, 0.2) is 36.5 Å². The molecule has 0 aliphatic heterocycles. The number of rotatable bonds is 5. The van der Waals surface area contributed by atoms with Crippen molar-refractivity contribution in [1.82, 2.24) is 9.88 Å². The molecule has 2 N–H and O–H groups in total. The van der Waals surface area contributed by atoms with Gasteiger partial charge in [-0.3, -0.25) is 4.79 Å². The van der Waals surface area contributed by atoms with Crippen LogP contribution < -0.4 is 10.6 Å². The molecule has 0 aliphatic rings. The number of aryl methyl sites for hydroxylation is 1. The molecule has 0 radical (unpaired) electrons. The fourth-order valence-electron chi connectivity index (χ4n) is 2.05. The van der Waals surface area contributed by atoms with E-state index in [4.69, 9.17) is 11.6 Å². The number of aromatic nitrogens is 1. The minimum Gasteiger partial charge on any atom is -0.378 e. The van der Waals surface area contributed by atoms with E-state index >= 15 is 0 Å². The average Bonchev–Trinajstić information content (AvgIpc) is 2.93.